The molecule has 5 nitrogen and oxygen atoms in total. The minimum absolute atomic E-state index is 0.262. The molecule has 0 radical (unpaired) electrons. The van der Waals surface area contributed by atoms with Gasteiger partial charge >= 0.3 is 0 Å². The first-order valence-electron chi connectivity index (χ1n) is 9.30. The zero-order valence-electron chi connectivity index (χ0n) is 15.9. The second kappa shape index (κ2) is 9.65. The van der Waals surface area contributed by atoms with Crippen LogP contribution >= 0.6 is 11.8 Å². The molecule has 1 saturated carbocycles. The van der Waals surface area contributed by atoms with Gasteiger partial charge in [0.2, 0.25) is 15.9 Å². The zero-order chi connectivity index (χ0) is 19.2. The molecule has 0 aromatic heterocycles. The fourth-order valence-electron chi connectivity index (χ4n) is 3.29. The Morgan fingerprint density at radius 1 is 1.27 bits per heavy atom. The van der Waals surface area contributed by atoms with E-state index in [2.05, 4.69) is 5.32 Å². The third-order valence-electron chi connectivity index (χ3n) is 4.74. The molecule has 1 aromatic rings. The minimum Gasteiger partial charge on any atom is -0.353 e. The lowest BCUT2D eigenvalue weighted by Gasteiger charge is -2.28. The summed E-state index contributed by atoms with van der Waals surface area (Å²) in [6.45, 7) is 4.24. The van der Waals surface area contributed by atoms with Crippen molar-refractivity contribution in [2.24, 2.45) is 0 Å². The Balaban J connectivity index is 1.96. The Morgan fingerprint density at radius 2 is 1.88 bits per heavy atom. The largest absolute Gasteiger partial charge is 0.353 e. The Morgan fingerprint density at radius 3 is 2.42 bits per heavy atom. The summed E-state index contributed by atoms with van der Waals surface area (Å²) >= 11 is 1.91. The number of nitrogens with zero attached hydrogens (tertiary/aromatic N) is 1. The molecule has 1 fully saturated rings. The molecule has 146 valence electrons. The molecule has 1 aromatic carbocycles. The van der Waals surface area contributed by atoms with E-state index < -0.39 is 16.1 Å². The number of hydrogen-bond donors (Lipinski definition) is 1. The number of nitrogens with one attached hydrogen (secondary N) is 1. The van der Waals surface area contributed by atoms with Gasteiger partial charge in [-0.05, 0) is 43.9 Å². The summed E-state index contributed by atoms with van der Waals surface area (Å²) in [7, 11) is -3.56. The molecule has 0 heterocycles. The summed E-state index contributed by atoms with van der Waals surface area (Å²) in [5, 5.41) is 3.60. The predicted octanol–water partition coefficient (Wildman–Crippen LogP) is 3.20. The van der Waals surface area contributed by atoms with E-state index in [1.54, 1.807) is 19.1 Å². The number of thioether (sulfide) groups is 1. The summed E-state index contributed by atoms with van der Waals surface area (Å²) in [5.41, 5.74) is 1.65. The van der Waals surface area contributed by atoms with Crippen LogP contribution in [-0.4, -0.2) is 44.2 Å². The van der Waals surface area contributed by atoms with Gasteiger partial charge in [-0.25, -0.2) is 8.42 Å². The van der Waals surface area contributed by atoms with E-state index in [-0.39, 0.29) is 5.91 Å². The predicted molar refractivity (Wildman–Crippen MR) is 110 cm³/mol. The van der Waals surface area contributed by atoms with Gasteiger partial charge in [-0.15, -0.1) is 0 Å². The van der Waals surface area contributed by atoms with Gasteiger partial charge in [0.25, 0.3) is 0 Å². The second-order valence-corrected chi connectivity index (χ2v) is 10.1. The average molecular weight is 399 g/mol. The number of aryl methyl sites for hydroxylation is 1. The maximum atomic E-state index is 12.5. The van der Waals surface area contributed by atoms with Crippen molar-refractivity contribution in [1.29, 1.82) is 0 Å². The van der Waals surface area contributed by atoms with Crippen LogP contribution in [0.1, 0.15) is 45.1 Å². The molecule has 1 aliphatic carbocycles. The van der Waals surface area contributed by atoms with E-state index in [1.165, 1.54) is 30.0 Å². The average Bonchev–Trinajstić information content (AvgIpc) is 3.11. The van der Waals surface area contributed by atoms with Gasteiger partial charge in [0.1, 0.15) is 6.04 Å². The van der Waals surface area contributed by atoms with Crippen LogP contribution < -0.4 is 9.62 Å². The van der Waals surface area contributed by atoms with Crippen molar-refractivity contribution in [3.05, 3.63) is 29.8 Å². The first kappa shape index (κ1) is 21.1. The number of sulfonamides is 1. The Kier molecular flexibility index (Phi) is 7.83. The summed E-state index contributed by atoms with van der Waals surface area (Å²) in [6.07, 6.45) is 7.17. The smallest absolute Gasteiger partial charge is 0.243 e. The normalized spacial score (nSPS) is 16.4. The maximum absolute atomic E-state index is 12.5. The lowest BCUT2D eigenvalue weighted by atomic mass is 10.1. The van der Waals surface area contributed by atoms with Crippen LogP contribution in [0.2, 0.25) is 0 Å². The first-order chi connectivity index (χ1) is 12.3. The van der Waals surface area contributed by atoms with Crippen molar-refractivity contribution >= 4 is 33.4 Å². The van der Waals surface area contributed by atoms with Crippen LogP contribution in [-0.2, 0) is 21.2 Å². The number of anilines is 1. The highest BCUT2D eigenvalue weighted by molar-refractivity contribution is 7.99. The number of hydrogen-bond acceptors (Lipinski definition) is 4. The third-order valence-corrected chi connectivity index (χ3v) is 7.37. The number of rotatable bonds is 9. The van der Waals surface area contributed by atoms with Gasteiger partial charge in [-0.1, -0.05) is 31.9 Å². The summed E-state index contributed by atoms with van der Waals surface area (Å²) in [4.78, 5) is 12.5. The molecule has 0 spiro atoms. The molecular weight excluding hydrogens is 368 g/mol. The fraction of sp³-hybridized carbons (Fsp3) is 0.632. The SMILES string of the molecule is CCc1ccc(N(C(C)C(=O)NCCSC2CCCC2)S(C)(=O)=O)cc1. The zero-order valence-corrected chi connectivity index (χ0v) is 17.5. The Labute approximate surface area is 162 Å². The molecule has 0 saturated heterocycles. The van der Waals surface area contributed by atoms with E-state index in [4.69, 9.17) is 0 Å². The highest BCUT2D eigenvalue weighted by Crippen LogP contribution is 2.29. The molecule has 26 heavy (non-hydrogen) atoms. The van der Waals surface area contributed by atoms with E-state index in [1.807, 2.05) is 30.8 Å². The Bertz CT molecular complexity index is 683. The summed E-state index contributed by atoms with van der Waals surface area (Å²) in [5.74, 6) is 0.606. The van der Waals surface area contributed by atoms with Crippen molar-refractivity contribution in [2.75, 3.05) is 22.9 Å². The van der Waals surface area contributed by atoms with Crippen LogP contribution in [0.3, 0.4) is 0 Å². The van der Waals surface area contributed by atoms with Gasteiger partial charge in [-0.3, -0.25) is 9.10 Å². The number of carbonyl (C=O) groups excluding carboxylic acids is 1. The van der Waals surface area contributed by atoms with Crippen molar-refractivity contribution in [2.45, 2.75) is 57.2 Å². The van der Waals surface area contributed by atoms with Gasteiger partial charge < -0.3 is 5.32 Å². The second-order valence-electron chi connectivity index (χ2n) is 6.82. The number of carbonyl (C=O) groups is 1. The lowest BCUT2D eigenvalue weighted by molar-refractivity contribution is -0.121. The molecule has 1 atom stereocenters. The minimum atomic E-state index is -3.56. The van der Waals surface area contributed by atoms with Gasteiger partial charge in [0.05, 0.1) is 11.9 Å². The quantitative estimate of drug-likeness (QED) is 0.649. The monoisotopic (exact) mass is 398 g/mol. The lowest BCUT2D eigenvalue weighted by Crippen LogP contribution is -2.48. The molecule has 0 bridgehead atoms. The highest BCUT2D eigenvalue weighted by Gasteiger charge is 2.28. The van der Waals surface area contributed by atoms with E-state index in [0.717, 1.165) is 24.0 Å². The molecule has 1 aliphatic rings. The van der Waals surface area contributed by atoms with E-state index >= 15 is 0 Å². The highest BCUT2D eigenvalue weighted by atomic mass is 32.2. The van der Waals surface area contributed by atoms with Crippen LogP contribution in [0.4, 0.5) is 5.69 Å². The molecule has 1 amide bonds. The van der Waals surface area contributed by atoms with Crippen LogP contribution in [0.25, 0.3) is 0 Å². The number of benzene rings is 1. The summed E-state index contributed by atoms with van der Waals surface area (Å²) in [6, 6.07) is 6.54. The van der Waals surface area contributed by atoms with Gasteiger partial charge in [0.15, 0.2) is 0 Å². The van der Waals surface area contributed by atoms with Crippen molar-refractivity contribution in [3.63, 3.8) is 0 Å². The van der Waals surface area contributed by atoms with Crippen LogP contribution in [0, 0.1) is 0 Å². The van der Waals surface area contributed by atoms with Crippen LogP contribution in [0.5, 0.6) is 0 Å². The summed E-state index contributed by atoms with van der Waals surface area (Å²) < 4.78 is 25.8. The van der Waals surface area contributed by atoms with Gasteiger partial charge in [-0.2, -0.15) is 11.8 Å². The first-order valence-corrected chi connectivity index (χ1v) is 12.2. The number of amides is 1. The molecule has 1 unspecified atom stereocenters. The molecule has 7 heteroatoms. The maximum Gasteiger partial charge on any atom is 0.243 e. The van der Waals surface area contributed by atoms with Crippen molar-refractivity contribution in [3.8, 4) is 0 Å². The molecule has 1 N–H and O–H groups in total. The Hall–Kier alpha value is -1.21. The molecule has 2 rings (SSSR count). The molecule has 0 aliphatic heterocycles. The van der Waals surface area contributed by atoms with Crippen molar-refractivity contribution in [1.82, 2.24) is 5.32 Å². The van der Waals surface area contributed by atoms with E-state index in [9.17, 15) is 13.2 Å². The van der Waals surface area contributed by atoms with Crippen LogP contribution in [0.15, 0.2) is 24.3 Å². The molecular formula is C19H30N2O3S2. The standard InChI is InChI=1S/C19H30N2O3S2/c1-4-16-9-11-17(12-10-16)21(26(3,23)24)15(2)19(22)20-13-14-25-18-7-5-6-8-18/h9-12,15,18H,4-8,13-14H2,1-3H3,(H,20,22). The van der Waals surface area contributed by atoms with Gasteiger partial charge in [0, 0.05) is 17.5 Å². The fourth-order valence-corrected chi connectivity index (χ4v) is 5.68. The topological polar surface area (TPSA) is 66.5 Å². The van der Waals surface area contributed by atoms with E-state index in [0.29, 0.717) is 17.5 Å². The van der Waals surface area contributed by atoms with Crippen molar-refractivity contribution < 1.29 is 13.2 Å². The third kappa shape index (κ3) is 5.91.